The summed E-state index contributed by atoms with van der Waals surface area (Å²) in [5.41, 5.74) is 0.597. The number of amidine groups is 2. The van der Waals surface area contributed by atoms with Gasteiger partial charge in [0.25, 0.3) is 5.91 Å². The van der Waals surface area contributed by atoms with Gasteiger partial charge < -0.3 is 8.92 Å². The second-order valence-corrected chi connectivity index (χ2v) is 9.79. The highest BCUT2D eigenvalue weighted by atomic mass is 32.2. The van der Waals surface area contributed by atoms with E-state index in [1.807, 2.05) is 6.92 Å². The molecule has 3 rings (SSSR count). The Morgan fingerprint density at radius 3 is 2.72 bits per heavy atom. The second kappa shape index (κ2) is 8.59. The molecule has 1 amide bonds. The molecule has 12 heteroatoms. The lowest BCUT2D eigenvalue weighted by Gasteiger charge is -2.20. The summed E-state index contributed by atoms with van der Waals surface area (Å²) in [6.07, 6.45) is 2.43. The van der Waals surface area contributed by atoms with E-state index in [0.29, 0.717) is 17.3 Å². The summed E-state index contributed by atoms with van der Waals surface area (Å²) < 4.78 is 34.0. The van der Waals surface area contributed by atoms with Crippen molar-refractivity contribution in [1.82, 2.24) is 5.01 Å². The van der Waals surface area contributed by atoms with Gasteiger partial charge in [0, 0.05) is 0 Å². The van der Waals surface area contributed by atoms with Crippen LogP contribution in [0, 0.1) is 5.41 Å². The number of amides is 1. The summed E-state index contributed by atoms with van der Waals surface area (Å²) in [6, 6.07) is 4.54. The molecule has 2 aliphatic rings. The molecule has 0 bridgehead atoms. The molecule has 0 spiro atoms. The first kappa shape index (κ1) is 21.4. The molecule has 0 saturated carbocycles. The number of benzene rings is 1. The normalized spacial score (nSPS) is 17.9. The molecular weight excluding hydrogens is 436 g/mol. The third-order valence-electron chi connectivity index (χ3n) is 3.52. The molecule has 0 aromatic heterocycles. The van der Waals surface area contributed by atoms with Crippen molar-refractivity contribution in [2.45, 2.75) is 13.8 Å². The average Bonchev–Trinajstić information content (AvgIpc) is 3.03. The van der Waals surface area contributed by atoms with Crippen LogP contribution in [0.2, 0.25) is 0 Å². The van der Waals surface area contributed by atoms with Gasteiger partial charge >= 0.3 is 10.1 Å². The van der Waals surface area contributed by atoms with Gasteiger partial charge in [-0.25, -0.2) is 0 Å². The number of hydrazone groups is 1. The summed E-state index contributed by atoms with van der Waals surface area (Å²) >= 11 is 2.77. The van der Waals surface area contributed by atoms with Crippen molar-refractivity contribution < 1.29 is 22.1 Å². The number of hydrogen-bond acceptors (Lipinski definition) is 9. The van der Waals surface area contributed by atoms with Crippen LogP contribution in [0.25, 0.3) is 6.08 Å². The molecule has 0 fully saturated rings. The predicted octanol–water partition coefficient (Wildman–Crippen LogP) is 2.75. The van der Waals surface area contributed by atoms with Crippen molar-refractivity contribution in [3.05, 3.63) is 29.3 Å². The van der Waals surface area contributed by atoms with E-state index in [0.717, 1.165) is 16.4 Å². The minimum Gasteiger partial charge on any atom is -0.490 e. The smallest absolute Gasteiger partial charge is 0.306 e. The molecule has 9 nitrogen and oxygen atoms in total. The number of nitrogens with one attached hydrogen (secondary N) is 1. The summed E-state index contributed by atoms with van der Waals surface area (Å²) in [5.74, 6) is 0.458. The van der Waals surface area contributed by atoms with Crippen LogP contribution in [-0.2, 0) is 14.9 Å². The summed E-state index contributed by atoms with van der Waals surface area (Å²) in [4.78, 5) is 16.5. The zero-order valence-corrected chi connectivity index (χ0v) is 18.3. The molecule has 0 saturated heterocycles. The van der Waals surface area contributed by atoms with E-state index in [1.165, 1.54) is 46.7 Å². The van der Waals surface area contributed by atoms with E-state index in [2.05, 4.69) is 10.1 Å². The predicted molar refractivity (Wildman–Crippen MR) is 116 cm³/mol. The Labute approximate surface area is 176 Å². The van der Waals surface area contributed by atoms with Crippen molar-refractivity contribution in [2.75, 3.05) is 18.6 Å². The zero-order valence-electron chi connectivity index (χ0n) is 15.8. The van der Waals surface area contributed by atoms with Crippen LogP contribution in [0.15, 0.2) is 33.9 Å². The first-order chi connectivity index (χ1) is 13.7. The van der Waals surface area contributed by atoms with Gasteiger partial charge in [0.15, 0.2) is 21.7 Å². The molecule has 29 heavy (non-hydrogen) atoms. The van der Waals surface area contributed by atoms with Gasteiger partial charge in [-0.1, -0.05) is 24.8 Å². The van der Waals surface area contributed by atoms with Gasteiger partial charge in [0.1, 0.15) is 0 Å². The Hall–Kier alpha value is -2.31. The van der Waals surface area contributed by atoms with Crippen molar-refractivity contribution in [1.29, 1.82) is 5.41 Å². The quantitative estimate of drug-likeness (QED) is 0.514. The zero-order chi connectivity index (χ0) is 21.2. The molecule has 1 N–H and O–H groups in total. The third kappa shape index (κ3) is 5.00. The van der Waals surface area contributed by atoms with Crippen LogP contribution in [0.4, 0.5) is 0 Å². The number of aliphatic imine (C=N–C) groups is 1. The highest BCUT2D eigenvalue weighted by Gasteiger charge is 2.35. The molecule has 0 atom stereocenters. The molecular formula is C17H18N4O5S3. The summed E-state index contributed by atoms with van der Waals surface area (Å²) in [6.45, 7) is 4.03. The van der Waals surface area contributed by atoms with Crippen LogP contribution in [0.1, 0.15) is 19.4 Å². The standard InChI is InChI=1S/C17H18N4O5S3/c1-4-25-13-9-10(6-7-12(13)26-29(3,23)24)8-11-14(18)21-16(19-15(11)22)28-17(20-21)27-5-2/h6-9,18H,4-5H2,1-3H3/b11-8-,18-14?. The minimum atomic E-state index is -3.72. The van der Waals surface area contributed by atoms with Crippen molar-refractivity contribution in [3.63, 3.8) is 0 Å². The van der Waals surface area contributed by atoms with Crippen LogP contribution in [0.3, 0.4) is 0 Å². The number of hydrogen-bond donors (Lipinski definition) is 1. The van der Waals surface area contributed by atoms with E-state index >= 15 is 0 Å². The first-order valence-electron chi connectivity index (χ1n) is 8.51. The molecule has 0 radical (unpaired) electrons. The van der Waals surface area contributed by atoms with Gasteiger partial charge in [0.2, 0.25) is 5.17 Å². The topological polar surface area (TPSA) is 121 Å². The molecule has 154 valence electrons. The number of rotatable bonds is 6. The van der Waals surface area contributed by atoms with Crippen LogP contribution < -0.4 is 8.92 Å². The SMILES string of the molecule is CCOc1cc(/C=C2/C(=N)N3N=C(SCC)SC3=NC2=O)ccc1OS(C)(=O)=O. The van der Waals surface area contributed by atoms with E-state index in [4.69, 9.17) is 14.3 Å². The minimum absolute atomic E-state index is 0.0450. The van der Waals surface area contributed by atoms with Crippen LogP contribution in [0.5, 0.6) is 11.5 Å². The lowest BCUT2D eigenvalue weighted by molar-refractivity contribution is -0.114. The van der Waals surface area contributed by atoms with E-state index in [1.54, 1.807) is 13.0 Å². The Morgan fingerprint density at radius 1 is 1.31 bits per heavy atom. The largest absolute Gasteiger partial charge is 0.490 e. The molecule has 1 aromatic rings. The average molecular weight is 455 g/mol. The maximum absolute atomic E-state index is 12.5. The Balaban J connectivity index is 1.94. The fourth-order valence-corrected chi connectivity index (χ4v) is 4.73. The lowest BCUT2D eigenvalue weighted by atomic mass is 10.1. The van der Waals surface area contributed by atoms with Gasteiger partial charge in [-0.15, -0.1) is 5.10 Å². The highest BCUT2D eigenvalue weighted by molar-refractivity contribution is 8.45. The maximum Gasteiger partial charge on any atom is 0.306 e. The summed E-state index contributed by atoms with van der Waals surface area (Å²) in [7, 11) is -3.72. The Bertz CT molecular complexity index is 1060. The summed E-state index contributed by atoms with van der Waals surface area (Å²) in [5, 5.41) is 14.4. The van der Waals surface area contributed by atoms with E-state index in [-0.39, 0.29) is 22.9 Å². The monoisotopic (exact) mass is 454 g/mol. The first-order valence-corrected chi connectivity index (χ1v) is 12.1. The molecule has 0 aliphatic carbocycles. The van der Waals surface area contributed by atoms with Gasteiger partial charge in [-0.05, 0) is 48.2 Å². The number of thioether (sulfide) groups is 2. The molecule has 1 aromatic carbocycles. The highest BCUT2D eigenvalue weighted by Crippen LogP contribution is 2.34. The Morgan fingerprint density at radius 2 is 2.07 bits per heavy atom. The number of fused-ring (bicyclic) bond motifs is 1. The van der Waals surface area contributed by atoms with E-state index < -0.39 is 16.0 Å². The number of carbonyl (C=O) groups is 1. The lowest BCUT2D eigenvalue weighted by Crippen LogP contribution is -2.35. The maximum atomic E-state index is 12.5. The van der Waals surface area contributed by atoms with Crippen molar-refractivity contribution in [2.24, 2.45) is 10.1 Å². The van der Waals surface area contributed by atoms with Crippen molar-refractivity contribution in [3.8, 4) is 11.5 Å². The number of carbonyl (C=O) groups excluding carboxylic acids is 1. The number of ether oxygens (including phenoxy) is 1. The fraction of sp³-hybridized carbons (Fsp3) is 0.294. The van der Waals surface area contributed by atoms with Gasteiger partial charge in [-0.3, -0.25) is 10.2 Å². The molecule has 0 unspecified atom stereocenters. The van der Waals surface area contributed by atoms with Gasteiger partial charge in [-0.2, -0.15) is 18.4 Å². The second-order valence-electron chi connectivity index (χ2n) is 5.75. The van der Waals surface area contributed by atoms with Gasteiger partial charge in [0.05, 0.1) is 18.4 Å². The van der Waals surface area contributed by atoms with E-state index in [9.17, 15) is 13.2 Å². The van der Waals surface area contributed by atoms with Crippen molar-refractivity contribution >= 4 is 61.0 Å². The number of nitrogens with zero attached hydrogens (tertiary/aromatic N) is 3. The molecule has 2 aliphatic heterocycles. The molecule has 2 heterocycles. The van der Waals surface area contributed by atoms with Crippen LogP contribution >= 0.6 is 23.5 Å². The Kier molecular flexibility index (Phi) is 6.34. The fourth-order valence-electron chi connectivity index (χ4n) is 2.44. The van der Waals surface area contributed by atoms with Crippen LogP contribution in [-0.4, -0.2) is 53.3 Å². The third-order valence-corrected chi connectivity index (χ3v) is 5.93.